The highest BCUT2D eigenvalue weighted by Gasteiger charge is 2.30. The molecule has 9 heteroatoms. The monoisotopic (exact) mass is 524 g/mol. The van der Waals surface area contributed by atoms with Crippen molar-refractivity contribution in [2.45, 2.75) is 49.5 Å². The third-order valence-electron chi connectivity index (χ3n) is 7.28. The van der Waals surface area contributed by atoms with E-state index in [9.17, 15) is 15.0 Å². The Morgan fingerprint density at radius 1 is 1.22 bits per heavy atom. The van der Waals surface area contributed by atoms with Gasteiger partial charge in [-0.2, -0.15) is 0 Å². The fourth-order valence-electron chi connectivity index (χ4n) is 5.30. The van der Waals surface area contributed by atoms with E-state index < -0.39 is 12.1 Å². The normalized spacial score (nSPS) is 19.1. The van der Waals surface area contributed by atoms with Gasteiger partial charge in [-0.3, -0.25) is 9.78 Å². The van der Waals surface area contributed by atoms with Gasteiger partial charge in [0.15, 0.2) is 0 Å². The maximum Gasteiger partial charge on any atom is 0.303 e. The molecule has 2 aromatic heterocycles. The number of methoxy groups -OCH3 is 1. The van der Waals surface area contributed by atoms with Crippen molar-refractivity contribution in [2.24, 2.45) is 11.8 Å². The lowest BCUT2D eigenvalue weighted by Crippen LogP contribution is -2.41. The third kappa shape index (κ3) is 7.87. The van der Waals surface area contributed by atoms with Crippen molar-refractivity contribution in [3.63, 3.8) is 0 Å². The molecule has 4 rings (SSSR count). The van der Waals surface area contributed by atoms with E-state index in [0.29, 0.717) is 24.7 Å². The van der Waals surface area contributed by atoms with Crippen molar-refractivity contribution < 1.29 is 19.7 Å². The van der Waals surface area contributed by atoms with Crippen LogP contribution in [0.15, 0.2) is 54.1 Å². The first-order valence-corrected chi connectivity index (χ1v) is 13.9. The first-order valence-electron chi connectivity index (χ1n) is 13.0. The van der Waals surface area contributed by atoms with Crippen LogP contribution in [0.5, 0.6) is 5.75 Å². The fraction of sp³-hybridized carbons (Fsp3) is 0.500. The highest BCUT2D eigenvalue weighted by molar-refractivity contribution is 7.99. The molecule has 1 aliphatic rings. The van der Waals surface area contributed by atoms with Gasteiger partial charge in [-0.1, -0.05) is 0 Å². The van der Waals surface area contributed by atoms with Crippen LogP contribution in [-0.2, 0) is 4.79 Å². The predicted octanol–water partition coefficient (Wildman–Crippen LogP) is 4.83. The number of ether oxygens (including phenoxy) is 1. The van der Waals surface area contributed by atoms with Crippen LogP contribution >= 0.6 is 11.8 Å². The number of carboxylic acids is 1. The van der Waals surface area contributed by atoms with Crippen LogP contribution in [0, 0.1) is 11.8 Å². The van der Waals surface area contributed by atoms with Crippen LogP contribution in [-0.4, -0.2) is 68.5 Å². The third-order valence-corrected chi connectivity index (χ3v) is 8.32. The van der Waals surface area contributed by atoms with Crippen molar-refractivity contribution in [3.8, 4) is 5.75 Å². The fourth-order valence-corrected chi connectivity index (χ4v) is 6.08. The summed E-state index contributed by atoms with van der Waals surface area (Å²) in [6.07, 6.45) is 10.8. The Kier molecular flexibility index (Phi) is 10.1. The van der Waals surface area contributed by atoms with E-state index in [2.05, 4.69) is 19.9 Å². The summed E-state index contributed by atoms with van der Waals surface area (Å²) in [6.45, 7) is 2.94. The Labute approximate surface area is 222 Å². The molecule has 2 N–H and O–H groups in total. The average Bonchev–Trinajstić information content (AvgIpc) is 2.93. The minimum absolute atomic E-state index is 0.191. The average molecular weight is 525 g/mol. The number of piperidine rings is 1. The highest BCUT2D eigenvalue weighted by Crippen LogP contribution is 2.35. The van der Waals surface area contributed by atoms with Crippen LogP contribution in [0.2, 0.25) is 0 Å². The summed E-state index contributed by atoms with van der Waals surface area (Å²) >= 11 is 1.77. The largest absolute Gasteiger partial charge is 0.497 e. The Hall–Kier alpha value is -2.75. The Morgan fingerprint density at radius 2 is 2.05 bits per heavy atom. The smallest absolute Gasteiger partial charge is 0.303 e. The Morgan fingerprint density at radius 3 is 2.84 bits per heavy atom. The van der Waals surface area contributed by atoms with Crippen molar-refractivity contribution >= 4 is 28.6 Å². The number of carbonyl (C=O) groups is 1. The summed E-state index contributed by atoms with van der Waals surface area (Å²) in [5, 5.41) is 21.3. The van der Waals surface area contributed by atoms with E-state index in [1.165, 1.54) is 0 Å². The molecule has 1 fully saturated rings. The van der Waals surface area contributed by atoms with Crippen molar-refractivity contribution in [3.05, 3.63) is 54.7 Å². The van der Waals surface area contributed by atoms with E-state index in [4.69, 9.17) is 4.74 Å². The number of thioether (sulfide) groups is 1. The quantitative estimate of drug-likeness (QED) is 0.240. The maximum atomic E-state index is 11.3. The molecule has 0 amide bonds. The first kappa shape index (κ1) is 27.3. The molecule has 0 aliphatic carbocycles. The number of aliphatic hydroxyl groups is 1. The molecule has 1 aromatic carbocycles. The number of benzene rings is 1. The van der Waals surface area contributed by atoms with Crippen molar-refractivity contribution in [2.75, 3.05) is 32.5 Å². The zero-order valence-corrected chi connectivity index (χ0v) is 22.1. The Balaban J connectivity index is 1.32. The minimum Gasteiger partial charge on any atom is -0.497 e. The number of hydrogen-bond donors (Lipinski definition) is 2. The second-order valence-corrected chi connectivity index (χ2v) is 10.9. The summed E-state index contributed by atoms with van der Waals surface area (Å²) < 4.78 is 5.37. The van der Waals surface area contributed by atoms with Crippen LogP contribution in [0.25, 0.3) is 10.9 Å². The van der Waals surface area contributed by atoms with Gasteiger partial charge in [-0.05, 0) is 92.6 Å². The molecule has 198 valence electrons. The molecule has 1 aliphatic heterocycles. The van der Waals surface area contributed by atoms with Crippen LogP contribution < -0.4 is 4.74 Å². The number of likely N-dealkylation sites (tertiary alicyclic amines) is 1. The lowest BCUT2D eigenvalue weighted by atomic mass is 9.79. The molecule has 1 saturated heterocycles. The second kappa shape index (κ2) is 13.7. The van der Waals surface area contributed by atoms with E-state index in [-0.39, 0.29) is 6.42 Å². The van der Waals surface area contributed by atoms with E-state index >= 15 is 0 Å². The Bertz CT molecular complexity index is 1150. The zero-order valence-electron chi connectivity index (χ0n) is 21.3. The second-order valence-electron chi connectivity index (χ2n) is 9.69. The number of pyridine rings is 1. The molecule has 0 spiro atoms. The summed E-state index contributed by atoms with van der Waals surface area (Å²) in [5.41, 5.74) is 1.70. The number of aliphatic carboxylic acids is 1. The zero-order chi connectivity index (χ0) is 26.0. The van der Waals surface area contributed by atoms with Crippen molar-refractivity contribution in [1.29, 1.82) is 0 Å². The van der Waals surface area contributed by atoms with Crippen LogP contribution in [0.1, 0.15) is 50.2 Å². The van der Waals surface area contributed by atoms with Gasteiger partial charge in [0, 0.05) is 41.8 Å². The summed E-state index contributed by atoms with van der Waals surface area (Å²) in [5.74, 6) is 1.73. The summed E-state index contributed by atoms with van der Waals surface area (Å²) in [4.78, 5) is 27.4. The topological polar surface area (TPSA) is 109 Å². The summed E-state index contributed by atoms with van der Waals surface area (Å²) in [7, 11) is 1.63. The van der Waals surface area contributed by atoms with Crippen LogP contribution in [0.4, 0.5) is 0 Å². The van der Waals surface area contributed by atoms with Gasteiger partial charge in [-0.15, -0.1) is 11.8 Å². The van der Waals surface area contributed by atoms with Gasteiger partial charge in [0.1, 0.15) is 12.1 Å². The van der Waals surface area contributed by atoms with Crippen molar-refractivity contribution in [1.82, 2.24) is 19.9 Å². The molecular weight excluding hydrogens is 488 g/mol. The first-order chi connectivity index (χ1) is 18.0. The molecule has 37 heavy (non-hydrogen) atoms. The van der Waals surface area contributed by atoms with Gasteiger partial charge in [0.2, 0.25) is 0 Å². The van der Waals surface area contributed by atoms with Gasteiger partial charge in [0.05, 0.1) is 18.7 Å². The van der Waals surface area contributed by atoms with Gasteiger partial charge < -0.3 is 19.8 Å². The number of aromatic nitrogens is 3. The van der Waals surface area contributed by atoms with E-state index in [1.54, 1.807) is 31.4 Å². The SMILES string of the molecule is COc1ccc2nccc(C(O)CC[C@@H]3CCN(CCCSc4cncnc4)C[C@@H]3CCC(=O)O)c2c1. The predicted molar refractivity (Wildman–Crippen MR) is 145 cm³/mol. The number of hydrogen-bond acceptors (Lipinski definition) is 8. The van der Waals surface area contributed by atoms with E-state index in [0.717, 1.165) is 71.8 Å². The van der Waals surface area contributed by atoms with Gasteiger partial charge in [-0.25, -0.2) is 9.97 Å². The molecule has 1 unspecified atom stereocenters. The number of carboxylic acid groups (broad SMARTS) is 1. The van der Waals surface area contributed by atoms with Gasteiger partial charge >= 0.3 is 5.97 Å². The molecule has 0 radical (unpaired) electrons. The van der Waals surface area contributed by atoms with E-state index in [1.807, 2.05) is 36.7 Å². The lowest BCUT2D eigenvalue weighted by Gasteiger charge is -2.39. The standard InChI is InChI=1S/C28H36N4O4S/c1-36-22-5-6-26-25(15-22)24(9-11-31-26)27(33)7-3-20-10-13-32(18-21(20)4-8-28(34)35)12-2-14-37-23-16-29-19-30-17-23/h5-6,9,11,15-17,19-21,27,33H,2-4,7-8,10,12-14,18H2,1H3,(H,34,35)/t20-,21+,27?/m1/s1. The highest BCUT2D eigenvalue weighted by atomic mass is 32.2. The number of rotatable bonds is 13. The number of aliphatic hydroxyl groups excluding tert-OH is 1. The van der Waals surface area contributed by atoms with Gasteiger partial charge in [0.25, 0.3) is 0 Å². The van der Waals surface area contributed by atoms with Crippen LogP contribution in [0.3, 0.4) is 0 Å². The molecule has 3 heterocycles. The molecule has 0 saturated carbocycles. The molecule has 8 nitrogen and oxygen atoms in total. The molecule has 3 atom stereocenters. The maximum absolute atomic E-state index is 11.3. The number of fused-ring (bicyclic) bond motifs is 1. The lowest BCUT2D eigenvalue weighted by molar-refractivity contribution is -0.137. The molecular formula is C28H36N4O4S. The number of nitrogens with zero attached hydrogens (tertiary/aromatic N) is 4. The molecule has 0 bridgehead atoms. The minimum atomic E-state index is -0.741. The molecule has 3 aromatic rings. The summed E-state index contributed by atoms with van der Waals surface area (Å²) in [6, 6.07) is 7.60.